The van der Waals surface area contributed by atoms with E-state index in [1.807, 2.05) is 44.2 Å². The molecule has 2 aromatic carbocycles. The van der Waals surface area contributed by atoms with Gasteiger partial charge in [-0.15, -0.1) is 0 Å². The predicted octanol–water partition coefficient (Wildman–Crippen LogP) is 4.60. The molecule has 1 saturated carbocycles. The third-order valence-electron chi connectivity index (χ3n) is 6.08. The smallest absolute Gasteiger partial charge is 0.223 e. The maximum atomic E-state index is 12.7. The predicted molar refractivity (Wildman–Crippen MR) is 115 cm³/mol. The van der Waals surface area contributed by atoms with Gasteiger partial charge in [0.05, 0.1) is 6.04 Å². The zero-order chi connectivity index (χ0) is 21.0. The summed E-state index contributed by atoms with van der Waals surface area (Å²) in [7, 11) is 0. The molecule has 0 spiro atoms. The molecule has 0 radical (unpaired) electrons. The molecule has 29 heavy (non-hydrogen) atoms. The van der Waals surface area contributed by atoms with E-state index < -0.39 is 6.04 Å². The van der Waals surface area contributed by atoms with Gasteiger partial charge >= 0.3 is 0 Å². The van der Waals surface area contributed by atoms with Crippen molar-refractivity contribution >= 4 is 11.7 Å². The number of carbonyl (C=O) groups excluding carboxylic acids is 2. The van der Waals surface area contributed by atoms with E-state index in [0.29, 0.717) is 18.8 Å². The van der Waals surface area contributed by atoms with Crippen molar-refractivity contribution in [2.24, 2.45) is 5.92 Å². The van der Waals surface area contributed by atoms with Crippen molar-refractivity contribution in [1.29, 1.82) is 0 Å². The summed E-state index contributed by atoms with van der Waals surface area (Å²) in [6, 6.07) is 13.7. The van der Waals surface area contributed by atoms with Crippen LogP contribution in [-0.2, 0) is 16.0 Å². The second-order valence-corrected chi connectivity index (χ2v) is 8.40. The van der Waals surface area contributed by atoms with E-state index in [1.54, 1.807) is 6.92 Å². The van der Waals surface area contributed by atoms with E-state index >= 15 is 0 Å². The van der Waals surface area contributed by atoms with Crippen molar-refractivity contribution < 1.29 is 14.7 Å². The zero-order valence-electron chi connectivity index (χ0n) is 17.6. The third-order valence-corrected chi connectivity index (χ3v) is 6.08. The SMILES string of the molecule is Cc1cc(C)c(O)c(CCC(=O)[C@H](C)NC(=O)[C@@H]2CC[C@@H](c3ccccc3)C2)c1. The van der Waals surface area contributed by atoms with Gasteiger partial charge in [0.25, 0.3) is 0 Å². The monoisotopic (exact) mass is 393 g/mol. The lowest BCUT2D eigenvalue weighted by Crippen LogP contribution is -2.41. The highest BCUT2D eigenvalue weighted by atomic mass is 16.3. The quantitative estimate of drug-likeness (QED) is 0.722. The molecular formula is C25H31NO3. The summed E-state index contributed by atoms with van der Waals surface area (Å²) in [5.74, 6) is 0.635. The summed E-state index contributed by atoms with van der Waals surface area (Å²) in [6.45, 7) is 5.59. The summed E-state index contributed by atoms with van der Waals surface area (Å²) in [5.41, 5.74) is 3.97. The number of Topliss-reactive ketones (excluding diaryl/α,β-unsaturated/α-hetero) is 1. The highest BCUT2D eigenvalue weighted by Gasteiger charge is 2.31. The summed E-state index contributed by atoms with van der Waals surface area (Å²) in [4.78, 5) is 25.2. The normalized spacial score (nSPS) is 19.7. The lowest BCUT2D eigenvalue weighted by molar-refractivity contribution is -0.129. The summed E-state index contributed by atoms with van der Waals surface area (Å²) >= 11 is 0. The fourth-order valence-electron chi connectivity index (χ4n) is 4.37. The fourth-order valence-corrected chi connectivity index (χ4v) is 4.37. The van der Waals surface area contributed by atoms with Gasteiger partial charge in [-0.2, -0.15) is 0 Å². The minimum Gasteiger partial charge on any atom is -0.507 e. The maximum Gasteiger partial charge on any atom is 0.223 e. The Bertz CT molecular complexity index is 875. The lowest BCUT2D eigenvalue weighted by atomic mass is 9.96. The first-order chi connectivity index (χ1) is 13.8. The van der Waals surface area contributed by atoms with E-state index in [0.717, 1.165) is 36.0 Å². The van der Waals surface area contributed by atoms with Gasteiger partial charge in [0.1, 0.15) is 5.75 Å². The van der Waals surface area contributed by atoms with Gasteiger partial charge in [-0.05, 0) is 69.1 Å². The van der Waals surface area contributed by atoms with E-state index in [2.05, 4.69) is 17.4 Å². The van der Waals surface area contributed by atoms with Crippen LogP contribution in [0.5, 0.6) is 5.75 Å². The molecule has 1 fully saturated rings. The van der Waals surface area contributed by atoms with Crippen LogP contribution in [0.4, 0.5) is 0 Å². The molecule has 4 nitrogen and oxygen atoms in total. The molecule has 3 rings (SSSR count). The van der Waals surface area contributed by atoms with Gasteiger partial charge in [-0.3, -0.25) is 9.59 Å². The van der Waals surface area contributed by atoms with E-state index in [-0.39, 0.29) is 23.4 Å². The molecule has 1 aliphatic carbocycles. The Morgan fingerprint density at radius 3 is 2.59 bits per heavy atom. The van der Waals surface area contributed by atoms with Gasteiger partial charge in [0.2, 0.25) is 5.91 Å². The molecule has 1 aliphatic rings. The molecule has 2 aromatic rings. The molecule has 0 unspecified atom stereocenters. The molecule has 0 saturated heterocycles. The Balaban J connectivity index is 1.50. The topological polar surface area (TPSA) is 66.4 Å². The van der Waals surface area contributed by atoms with Crippen molar-refractivity contribution in [3.63, 3.8) is 0 Å². The van der Waals surface area contributed by atoms with E-state index in [1.165, 1.54) is 5.56 Å². The number of nitrogens with one attached hydrogen (secondary N) is 1. The summed E-state index contributed by atoms with van der Waals surface area (Å²) < 4.78 is 0. The Hall–Kier alpha value is -2.62. The zero-order valence-corrected chi connectivity index (χ0v) is 17.6. The summed E-state index contributed by atoms with van der Waals surface area (Å²) in [6.07, 6.45) is 3.49. The number of ketones is 1. The van der Waals surface area contributed by atoms with Crippen molar-refractivity contribution in [2.45, 2.75) is 64.8 Å². The second-order valence-electron chi connectivity index (χ2n) is 8.40. The minimum atomic E-state index is -0.508. The first kappa shape index (κ1) is 21.1. The largest absolute Gasteiger partial charge is 0.507 e. The first-order valence-electron chi connectivity index (χ1n) is 10.5. The third kappa shape index (κ3) is 5.26. The van der Waals surface area contributed by atoms with Crippen LogP contribution in [0.25, 0.3) is 0 Å². The molecule has 0 bridgehead atoms. The molecule has 4 heteroatoms. The van der Waals surface area contributed by atoms with Crippen LogP contribution in [-0.4, -0.2) is 22.8 Å². The van der Waals surface area contributed by atoms with Crippen LogP contribution in [0.3, 0.4) is 0 Å². The number of carbonyl (C=O) groups is 2. The van der Waals surface area contributed by atoms with Gasteiger partial charge < -0.3 is 10.4 Å². The van der Waals surface area contributed by atoms with E-state index in [9.17, 15) is 14.7 Å². The Labute approximate surface area is 173 Å². The molecule has 0 aliphatic heterocycles. The number of aryl methyl sites for hydroxylation is 3. The molecule has 154 valence electrons. The van der Waals surface area contributed by atoms with Gasteiger partial charge in [0, 0.05) is 12.3 Å². The number of aromatic hydroxyl groups is 1. The number of rotatable bonds is 7. The fraction of sp³-hybridized carbons (Fsp3) is 0.440. The number of amides is 1. The van der Waals surface area contributed by atoms with Crippen molar-refractivity contribution in [1.82, 2.24) is 5.32 Å². The average Bonchev–Trinajstić information content (AvgIpc) is 3.20. The minimum absolute atomic E-state index is 0.00508. The Kier molecular flexibility index (Phi) is 6.73. The number of hydrogen-bond acceptors (Lipinski definition) is 3. The second kappa shape index (κ2) is 9.25. The van der Waals surface area contributed by atoms with Crippen LogP contribution in [0.1, 0.15) is 60.8 Å². The standard InChI is InChI=1S/C25H31NO3/c1-16-13-17(2)24(28)21(14-16)11-12-23(27)18(3)26-25(29)22-10-9-20(15-22)19-7-5-4-6-8-19/h4-8,13-14,18,20,22,28H,9-12,15H2,1-3H3,(H,26,29)/t18-,20+,22+/m0/s1. The van der Waals surface area contributed by atoms with Crippen LogP contribution in [0, 0.1) is 19.8 Å². The molecular weight excluding hydrogens is 362 g/mol. The first-order valence-corrected chi connectivity index (χ1v) is 10.5. The molecule has 0 heterocycles. The molecule has 1 amide bonds. The Morgan fingerprint density at radius 2 is 1.86 bits per heavy atom. The molecule has 2 N–H and O–H groups in total. The highest BCUT2D eigenvalue weighted by molar-refractivity contribution is 5.89. The highest BCUT2D eigenvalue weighted by Crippen LogP contribution is 2.38. The van der Waals surface area contributed by atoms with Crippen LogP contribution in [0.2, 0.25) is 0 Å². The van der Waals surface area contributed by atoms with E-state index in [4.69, 9.17) is 0 Å². The number of phenolic OH excluding ortho intramolecular Hbond substituents is 1. The Morgan fingerprint density at radius 1 is 1.14 bits per heavy atom. The van der Waals surface area contributed by atoms with Gasteiger partial charge in [-0.25, -0.2) is 0 Å². The molecule has 3 atom stereocenters. The number of phenols is 1. The maximum absolute atomic E-state index is 12.7. The van der Waals surface area contributed by atoms with Crippen LogP contribution < -0.4 is 5.32 Å². The van der Waals surface area contributed by atoms with Crippen LogP contribution >= 0.6 is 0 Å². The molecule has 0 aromatic heterocycles. The van der Waals surface area contributed by atoms with Gasteiger partial charge in [0.15, 0.2) is 5.78 Å². The summed E-state index contributed by atoms with van der Waals surface area (Å²) in [5, 5.41) is 13.1. The van der Waals surface area contributed by atoms with Crippen molar-refractivity contribution in [3.8, 4) is 5.75 Å². The number of hydrogen-bond donors (Lipinski definition) is 2. The lowest BCUT2D eigenvalue weighted by Gasteiger charge is -2.17. The average molecular weight is 394 g/mol. The van der Waals surface area contributed by atoms with Crippen molar-refractivity contribution in [3.05, 3.63) is 64.7 Å². The van der Waals surface area contributed by atoms with Gasteiger partial charge in [-0.1, -0.05) is 48.0 Å². The van der Waals surface area contributed by atoms with Crippen molar-refractivity contribution in [2.75, 3.05) is 0 Å². The van der Waals surface area contributed by atoms with Crippen LogP contribution in [0.15, 0.2) is 42.5 Å². The number of benzene rings is 2.